The number of alkyl halides is 3. The SMILES string of the molecule is Cc1ccc(Cl)c2c(N=Nc3ccc(C(F)(F)F)cc3[N+](=O)[O-])c(O)[nH]c12. The highest BCUT2D eigenvalue weighted by atomic mass is 35.5. The number of aryl methyl sites for hydroxylation is 1. The minimum absolute atomic E-state index is 0.0760. The molecule has 0 saturated carbocycles. The molecule has 1 aromatic heterocycles. The highest BCUT2D eigenvalue weighted by molar-refractivity contribution is 6.36. The molecule has 0 aliphatic heterocycles. The van der Waals surface area contributed by atoms with Crippen molar-refractivity contribution in [2.75, 3.05) is 0 Å². The summed E-state index contributed by atoms with van der Waals surface area (Å²) in [7, 11) is 0. The van der Waals surface area contributed by atoms with Gasteiger partial charge in [-0.15, -0.1) is 10.2 Å². The zero-order chi connectivity index (χ0) is 19.9. The lowest BCUT2D eigenvalue weighted by Gasteiger charge is -2.06. The van der Waals surface area contributed by atoms with Crippen molar-refractivity contribution >= 4 is 39.6 Å². The van der Waals surface area contributed by atoms with E-state index in [0.717, 1.165) is 11.6 Å². The lowest BCUT2D eigenvalue weighted by molar-refractivity contribution is -0.384. The topological polar surface area (TPSA) is 104 Å². The van der Waals surface area contributed by atoms with Crippen molar-refractivity contribution in [2.45, 2.75) is 13.1 Å². The van der Waals surface area contributed by atoms with Crippen molar-refractivity contribution in [1.82, 2.24) is 4.98 Å². The second kappa shape index (κ2) is 6.54. The maximum absolute atomic E-state index is 12.8. The molecule has 140 valence electrons. The van der Waals surface area contributed by atoms with Crippen molar-refractivity contribution < 1.29 is 23.2 Å². The van der Waals surface area contributed by atoms with Crippen LogP contribution in [0.4, 0.5) is 30.2 Å². The fourth-order valence-electron chi connectivity index (χ4n) is 2.50. The molecule has 0 unspecified atom stereocenters. The van der Waals surface area contributed by atoms with Crippen LogP contribution in [0.1, 0.15) is 11.1 Å². The summed E-state index contributed by atoms with van der Waals surface area (Å²) in [4.78, 5) is 12.8. The number of hydrogen-bond acceptors (Lipinski definition) is 5. The molecule has 0 aliphatic carbocycles. The Morgan fingerprint density at radius 2 is 1.93 bits per heavy atom. The highest BCUT2D eigenvalue weighted by Gasteiger charge is 2.33. The third-order valence-corrected chi connectivity index (χ3v) is 4.14. The van der Waals surface area contributed by atoms with Crippen LogP contribution in [0.15, 0.2) is 40.6 Å². The molecule has 0 saturated heterocycles. The van der Waals surface area contributed by atoms with E-state index in [4.69, 9.17) is 11.6 Å². The van der Waals surface area contributed by atoms with Gasteiger partial charge >= 0.3 is 6.18 Å². The summed E-state index contributed by atoms with van der Waals surface area (Å²) in [6.45, 7) is 1.76. The van der Waals surface area contributed by atoms with Crippen molar-refractivity contribution in [1.29, 1.82) is 0 Å². The monoisotopic (exact) mass is 398 g/mol. The molecular weight excluding hydrogens is 389 g/mol. The second-order valence-electron chi connectivity index (χ2n) is 5.59. The number of nitro groups is 1. The number of aromatic amines is 1. The summed E-state index contributed by atoms with van der Waals surface area (Å²) in [5.41, 5.74) is -1.27. The Morgan fingerprint density at radius 3 is 2.56 bits per heavy atom. The highest BCUT2D eigenvalue weighted by Crippen LogP contribution is 2.42. The Morgan fingerprint density at radius 1 is 1.22 bits per heavy atom. The lowest BCUT2D eigenvalue weighted by atomic mass is 10.1. The van der Waals surface area contributed by atoms with Gasteiger partial charge in [0.25, 0.3) is 5.69 Å². The average molecular weight is 399 g/mol. The molecule has 27 heavy (non-hydrogen) atoms. The summed E-state index contributed by atoms with van der Waals surface area (Å²) in [5.74, 6) is -0.375. The van der Waals surface area contributed by atoms with E-state index in [1.54, 1.807) is 19.1 Å². The zero-order valence-electron chi connectivity index (χ0n) is 13.5. The molecule has 0 radical (unpaired) electrons. The van der Waals surface area contributed by atoms with E-state index < -0.39 is 28.0 Å². The summed E-state index contributed by atoms with van der Waals surface area (Å²) >= 11 is 6.12. The van der Waals surface area contributed by atoms with Gasteiger partial charge in [0.15, 0.2) is 11.4 Å². The molecule has 2 N–H and O–H groups in total. The first-order valence-electron chi connectivity index (χ1n) is 7.36. The molecule has 1 heterocycles. The van der Waals surface area contributed by atoms with E-state index in [2.05, 4.69) is 15.2 Å². The lowest BCUT2D eigenvalue weighted by Crippen LogP contribution is -2.05. The Hall–Kier alpha value is -3.14. The van der Waals surface area contributed by atoms with E-state index in [-0.39, 0.29) is 16.6 Å². The van der Waals surface area contributed by atoms with Gasteiger partial charge in [-0.1, -0.05) is 17.7 Å². The standard InChI is InChI=1S/C16H10ClF3N4O3/c1-7-2-4-9(17)12-13(7)21-15(25)14(12)23-22-10-5-3-8(16(18,19)20)6-11(10)24(26)27/h2-6,21,25H,1H3. The van der Waals surface area contributed by atoms with E-state index in [9.17, 15) is 28.4 Å². The molecule has 7 nitrogen and oxygen atoms in total. The summed E-state index contributed by atoms with van der Waals surface area (Å²) in [6.07, 6.45) is -4.74. The average Bonchev–Trinajstić information content (AvgIpc) is 2.93. The number of nitro benzene ring substituents is 1. The number of nitrogens with zero attached hydrogens (tertiary/aromatic N) is 3. The molecule has 3 rings (SSSR count). The third-order valence-electron chi connectivity index (χ3n) is 3.82. The number of azo groups is 1. The van der Waals surface area contributed by atoms with Gasteiger partial charge in [-0.25, -0.2) is 0 Å². The molecule has 0 bridgehead atoms. The maximum Gasteiger partial charge on any atom is 0.416 e. The van der Waals surface area contributed by atoms with E-state index in [0.29, 0.717) is 23.0 Å². The Labute approximate surface area is 154 Å². The van der Waals surface area contributed by atoms with Crippen molar-refractivity contribution in [3.05, 3.63) is 56.6 Å². The smallest absolute Gasteiger partial charge is 0.416 e. The van der Waals surface area contributed by atoms with Gasteiger partial charge in [-0.2, -0.15) is 13.2 Å². The molecule has 2 aromatic carbocycles. The number of H-pyrrole nitrogens is 1. The maximum atomic E-state index is 12.8. The summed E-state index contributed by atoms with van der Waals surface area (Å²) in [6, 6.07) is 5.16. The van der Waals surface area contributed by atoms with E-state index in [1.165, 1.54) is 0 Å². The minimum Gasteiger partial charge on any atom is -0.493 e. The number of fused-ring (bicyclic) bond motifs is 1. The molecule has 0 amide bonds. The molecule has 11 heteroatoms. The van der Waals surface area contributed by atoms with Gasteiger partial charge in [0.2, 0.25) is 5.88 Å². The predicted molar refractivity (Wildman–Crippen MR) is 92.0 cm³/mol. The van der Waals surface area contributed by atoms with Gasteiger partial charge < -0.3 is 10.1 Å². The van der Waals surface area contributed by atoms with Crippen LogP contribution in [0.25, 0.3) is 10.9 Å². The number of rotatable bonds is 3. The molecular formula is C16H10ClF3N4O3. The van der Waals surface area contributed by atoms with Crippen LogP contribution < -0.4 is 0 Å². The van der Waals surface area contributed by atoms with E-state index >= 15 is 0 Å². The zero-order valence-corrected chi connectivity index (χ0v) is 14.3. The minimum atomic E-state index is -4.74. The number of benzene rings is 2. The Balaban J connectivity index is 2.12. The fraction of sp³-hybridized carbons (Fsp3) is 0.125. The number of hydrogen-bond donors (Lipinski definition) is 2. The molecule has 3 aromatic rings. The van der Waals surface area contributed by atoms with Crippen LogP contribution in [0, 0.1) is 17.0 Å². The van der Waals surface area contributed by atoms with Crippen molar-refractivity contribution in [2.24, 2.45) is 10.2 Å². The van der Waals surface area contributed by atoms with Crippen LogP contribution >= 0.6 is 11.6 Å². The summed E-state index contributed by atoms with van der Waals surface area (Å²) < 4.78 is 38.3. The third kappa shape index (κ3) is 3.43. The van der Waals surface area contributed by atoms with Crippen molar-refractivity contribution in [3.8, 4) is 5.88 Å². The first-order chi connectivity index (χ1) is 12.6. The van der Waals surface area contributed by atoms with Crippen LogP contribution in [-0.2, 0) is 6.18 Å². The number of halogens is 4. The first kappa shape index (κ1) is 18.6. The van der Waals surface area contributed by atoms with Crippen LogP contribution in [0.5, 0.6) is 5.88 Å². The van der Waals surface area contributed by atoms with Crippen molar-refractivity contribution in [3.63, 3.8) is 0 Å². The van der Waals surface area contributed by atoms with E-state index in [1.807, 2.05) is 0 Å². The first-order valence-corrected chi connectivity index (χ1v) is 7.74. The van der Waals surface area contributed by atoms with Crippen LogP contribution in [-0.4, -0.2) is 15.0 Å². The summed E-state index contributed by atoms with van der Waals surface area (Å²) in [5, 5.41) is 29.2. The van der Waals surface area contributed by atoms with Gasteiger partial charge in [0, 0.05) is 6.07 Å². The van der Waals surface area contributed by atoms with Gasteiger partial charge in [0.05, 0.1) is 26.4 Å². The number of nitrogens with one attached hydrogen (secondary N) is 1. The quantitative estimate of drug-likeness (QED) is 0.313. The van der Waals surface area contributed by atoms with Crippen LogP contribution in [0.3, 0.4) is 0 Å². The molecule has 0 fully saturated rings. The van der Waals surface area contributed by atoms with Gasteiger partial charge in [-0.05, 0) is 30.7 Å². The Kier molecular flexibility index (Phi) is 4.52. The fourth-order valence-corrected chi connectivity index (χ4v) is 2.75. The molecule has 0 spiro atoms. The Bertz CT molecular complexity index is 1090. The second-order valence-corrected chi connectivity index (χ2v) is 6.00. The molecule has 0 atom stereocenters. The number of aromatic nitrogens is 1. The largest absolute Gasteiger partial charge is 0.493 e. The normalized spacial score (nSPS) is 12.2. The predicted octanol–water partition coefficient (Wildman–Crippen LogP) is 6.18. The van der Waals surface area contributed by atoms with Gasteiger partial charge in [0.1, 0.15) is 0 Å². The molecule has 0 aliphatic rings. The van der Waals surface area contributed by atoms with Crippen LogP contribution in [0.2, 0.25) is 5.02 Å². The number of aromatic hydroxyl groups is 1. The van der Waals surface area contributed by atoms with Gasteiger partial charge in [-0.3, -0.25) is 10.1 Å².